The Hall–Kier alpha value is -3.52. The van der Waals surface area contributed by atoms with E-state index in [4.69, 9.17) is 4.74 Å². The van der Waals surface area contributed by atoms with E-state index in [2.05, 4.69) is 0 Å². The Morgan fingerprint density at radius 1 is 1.03 bits per heavy atom. The van der Waals surface area contributed by atoms with Crippen LogP contribution in [0.2, 0.25) is 0 Å². The first-order chi connectivity index (χ1) is 18.5. The molecule has 2 atom stereocenters. The van der Waals surface area contributed by atoms with Crippen molar-refractivity contribution in [3.05, 3.63) is 78.9 Å². The highest BCUT2D eigenvalue weighted by Gasteiger charge is 2.40. The van der Waals surface area contributed by atoms with E-state index in [1.807, 2.05) is 76.2 Å². The Morgan fingerprint density at radius 2 is 1.67 bits per heavy atom. The Morgan fingerprint density at radius 3 is 2.26 bits per heavy atom. The first-order valence-electron chi connectivity index (χ1n) is 13.4. The summed E-state index contributed by atoms with van der Waals surface area (Å²) in [6.07, 6.45) is 0.228. The van der Waals surface area contributed by atoms with Gasteiger partial charge < -0.3 is 14.7 Å². The van der Waals surface area contributed by atoms with Gasteiger partial charge >= 0.3 is 6.09 Å². The molecule has 1 heterocycles. The van der Waals surface area contributed by atoms with Crippen LogP contribution >= 0.6 is 0 Å². The molecular formula is C31H38N2O5S. The van der Waals surface area contributed by atoms with Crippen LogP contribution in [0.25, 0.3) is 11.1 Å². The van der Waals surface area contributed by atoms with E-state index < -0.39 is 16.1 Å². The van der Waals surface area contributed by atoms with Crippen LogP contribution < -0.4 is 9.04 Å². The largest absolute Gasteiger partial charge is 0.494 e. The molecule has 0 aliphatic carbocycles. The van der Waals surface area contributed by atoms with Gasteiger partial charge in [-0.15, -0.1) is 0 Å². The van der Waals surface area contributed by atoms with E-state index >= 15 is 0 Å². The SMILES string of the molecule is CCOc1ccc(N(CC2CCN(C(=O)O)C(C(C)(C)C)C2)S(=O)(=O)c2ccccc2)c(-c2ccccc2)c1. The Balaban J connectivity index is 1.82. The molecule has 39 heavy (non-hydrogen) atoms. The van der Waals surface area contributed by atoms with Gasteiger partial charge in [0.25, 0.3) is 10.0 Å². The summed E-state index contributed by atoms with van der Waals surface area (Å²) in [5.74, 6) is 0.637. The minimum absolute atomic E-state index is 0.0292. The van der Waals surface area contributed by atoms with Gasteiger partial charge in [-0.2, -0.15) is 0 Å². The Bertz CT molecular complexity index is 1370. The van der Waals surface area contributed by atoms with Crippen molar-refractivity contribution in [1.29, 1.82) is 0 Å². The van der Waals surface area contributed by atoms with E-state index in [1.54, 1.807) is 30.3 Å². The highest BCUT2D eigenvalue weighted by atomic mass is 32.2. The van der Waals surface area contributed by atoms with Crippen LogP contribution in [0.3, 0.4) is 0 Å². The van der Waals surface area contributed by atoms with Gasteiger partial charge in [0, 0.05) is 24.7 Å². The van der Waals surface area contributed by atoms with Gasteiger partial charge in [0.15, 0.2) is 0 Å². The number of ether oxygens (including phenoxy) is 1. The number of piperidine rings is 1. The minimum atomic E-state index is -3.93. The zero-order valence-electron chi connectivity index (χ0n) is 23.1. The van der Waals surface area contributed by atoms with E-state index in [0.29, 0.717) is 37.4 Å². The van der Waals surface area contributed by atoms with Gasteiger partial charge in [-0.3, -0.25) is 4.31 Å². The van der Waals surface area contributed by atoms with E-state index in [-0.39, 0.29) is 28.8 Å². The first kappa shape index (κ1) is 28.5. The number of likely N-dealkylation sites (tertiary alicyclic amines) is 1. The van der Waals surface area contributed by atoms with Crippen LogP contribution in [0.4, 0.5) is 10.5 Å². The number of carbonyl (C=O) groups is 1. The highest BCUT2D eigenvalue weighted by molar-refractivity contribution is 7.92. The lowest BCUT2D eigenvalue weighted by Gasteiger charge is -2.45. The molecule has 0 bridgehead atoms. The van der Waals surface area contributed by atoms with Gasteiger partial charge in [-0.25, -0.2) is 13.2 Å². The predicted octanol–water partition coefficient (Wildman–Crippen LogP) is 6.75. The van der Waals surface area contributed by atoms with Crippen molar-refractivity contribution >= 4 is 21.8 Å². The molecule has 0 saturated carbocycles. The van der Waals surface area contributed by atoms with Crippen molar-refractivity contribution in [2.75, 3.05) is 24.0 Å². The monoisotopic (exact) mass is 550 g/mol. The van der Waals surface area contributed by atoms with Crippen molar-refractivity contribution in [3.8, 4) is 16.9 Å². The van der Waals surface area contributed by atoms with Crippen LogP contribution in [0.1, 0.15) is 40.5 Å². The second kappa shape index (κ2) is 11.7. The maximum Gasteiger partial charge on any atom is 0.407 e. The Labute approximate surface area is 232 Å². The average molecular weight is 551 g/mol. The summed E-state index contributed by atoms with van der Waals surface area (Å²) in [7, 11) is -3.93. The number of hydrogen-bond acceptors (Lipinski definition) is 4. The lowest BCUT2D eigenvalue weighted by atomic mass is 9.77. The summed E-state index contributed by atoms with van der Waals surface area (Å²) < 4.78 is 35.8. The maximum atomic E-state index is 14.2. The fourth-order valence-corrected chi connectivity index (χ4v) is 6.95. The van der Waals surface area contributed by atoms with Gasteiger partial charge in [0.05, 0.1) is 17.2 Å². The van der Waals surface area contributed by atoms with Crippen molar-refractivity contribution in [3.63, 3.8) is 0 Å². The number of benzene rings is 3. The number of sulfonamides is 1. The standard InChI is InChI=1S/C31H38N2O5S/c1-5-38-25-16-17-28(27(21-25)24-12-8-6-9-13-24)33(39(36,37)26-14-10-7-11-15-26)22-23-18-19-32(30(34)35)29(20-23)31(2,3)4/h6-17,21,23,29H,5,18-20,22H2,1-4H3,(H,34,35). The van der Waals surface area contributed by atoms with Crippen molar-refractivity contribution < 1.29 is 23.1 Å². The van der Waals surface area contributed by atoms with Crippen molar-refractivity contribution in [2.45, 2.75) is 51.5 Å². The molecule has 0 spiro atoms. The summed E-state index contributed by atoms with van der Waals surface area (Å²) in [4.78, 5) is 13.7. The lowest BCUT2D eigenvalue weighted by molar-refractivity contribution is 0.0423. The van der Waals surface area contributed by atoms with Crippen LogP contribution in [0.15, 0.2) is 83.8 Å². The molecule has 1 N–H and O–H groups in total. The highest BCUT2D eigenvalue weighted by Crippen LogP contribution is 2.40. The zero-order valence-corrected chi connectivity index (χ0v) is 23.9. The quantitative estimate of drug-likeness (QED) is 0.335. The maximum absolute atomic E-state index is 14.2. The third-order valence-corrected chi connectivity index (χ3v) is 9.14. The van der Waals surface area contributed by atoms with Crippen LogP contribution in [-0.4, -0.2) is 50.3 Å². The molecule has 3 aromatic rings. The van der Waals surface area contributed by atoms with Gasteiger partial charge in [-0.1, -0.05) is 69.3 Å². The second-order valence-corrected chi connectivity index (χ2v) is 12.9. The first-order valence-corrected chi connectivity index (χ1v) is 14.9. The summed E-state index contributed by atoms with van der Waals surface area (Å²) in [6.45, 7) is 9.13. The third kappa shape index (κ3) is 6.38. The van der Waals surface area contributed by atoms with Crippen LogP contribution in [0, 0.1) is 11.3 Å². The molecule has 208 valence electrons. The summed E-state index contributed by atoms with van der Waals surface area (Å²) >= 11 is 0. The topological polar surface area (TPSA) is 87.2 Å². The number of hydrogen-bond donors (Lipinski definition) is 1. The molecule has 2 unspecified atom stereocenters. The molecule has 1 aliphatic rings. The van der Waals surface area contributed by atoms with Crippen molar-refractivity contribution in [2.24, 2.45) is 11.3 Å². The van der Waals surface area contributed by atoms with Crippen LogP contribution in [0.5, 0.6) is 5.75 Å². The molecule has 0 radical (unpaired) electrons. The van der Waals surface area contributed by atoms with Gasteiger partial charge in [0.1, 0.15) is 5.75 Å². The zero-order chi connectivity index (χ0) is 28.2. The van der Waals surface area contributed by atoms with Crippen LogP contribution in [-0.2, 0) is 10.0 Å². The molecule has 1 amide bonds. The number of anilines is 1. The van der Waals surface area contributed by atoms with E-state index in [0.717, 1.165) is 11.1 Å². The smallest absolute Gasteiger partial charge is 0.407 e. The number of nitrogens with zero attached hydrogens (tertiary/aromatic N) is 2. The fraction of sp³-hybridized carbons (Fsp3) is 0.387. The average Bonchev–Trinajstić information content (AvgIpc) is 2.92. The molecule has 3 aromatic carbocycles. The Kier molecular flexibility index (Phi) is 8.54. The third-order valence-electron chi connectivity index (χ3n) is 7.34. The number of amides is 1. The number of carboxylic acid groups (broad SMARTS) is 1. The molecular weight excluding hydrogens is 512 g/mol. The summed E-state index contributed by atoms with van der Waals surface area (Å²) in [6, 6.07) is 23.5. The van der Waals surface area contributed by atoms with E-state index in [9.17, 15) is 18.3 Å². The molecule has 0 aromatic heterocycles. The summed E-state index contributed by atoms with van der Waals surface area (Å²) in [5, 5.41) is 9.84. The van der Waals surface area contributed by atoms with Crippen molar-refractivity contribution in [1.82, 2.24) is 4.90 Å². The second-order valence-electron chi connectivity index (χ2n) is 11.1. The molecule has 7 nitrogen and oxygen atoms in total. The minimum Gasteiger partial charge on any atom is -0.494 e. The molecule has 8 heteroatoms. The van der Waals surface area contributed by atoms with Gasteiger partial charge in [0.2, 0.25) is 0 Å². The molecule has 1 saturated heterocycles. The summed E-state index contributed by atoms with van der Waals surface area (Å²) in [5.41, 5.74) is 1.93. The van der Waals surface area contributed by atoms with Gasteiger partial charge in [-0.05, 0) is 67.0 Å². The lowest BCUT2D eigenvalue weighted by Crippen LogP contribution is -2.53. The number of rotatable bonds is 8. The molecule has 1 fully saturated rings. The molecule has 1 aliphatic heterocycles. The molecule has 4 rings (SSSR count). The normalized spacial score (nSPS) is 18.0. The van der Waals surface area contributed by atoms with E-state index in [1.165, 1.54) is 9.21 Å². The fourth-order valence-electron chi connectivity index (χ4n) is 5.37. The predicted molar refractivity (Wildman–Crippen MR) is 155 cm³/mol.